The topological polar surface area (TPSA) is 22.0 Å². The van der Waals surface area contributed by atoms with Gasteiger partial charge in [-0.05, 0) is 18.6 Å². The molecule has 0 aliphatic heterocycles. The van der Waals surface area contributed by atoms with Gasteiger partial charge < -0.3 is 4.57 Å². The SMILES string of the molecule is CCC(=O)Cn1ccc(C)c1. The van der Waals surface area contributed by atoms with Gasteiger partial charge >= 0.3 is 0 Å². The summed E-state index contributed by atoms with van der Waals surface area (Å²) in [6.45, 7) is 4.43. The van der Waals surface area contributed by atoms with Crippen LogP contribution in [0.15, 0.2) is 18.5 Å². The first kappa shape index (κ1) is 8.05. The maximum absolute atomic E-state index is 11.0. The molecule has 0 radical (unpaired) electrons. The molecule has 0 N–H and O–H groups in total. The van der Waals surface area contributed by atoms with Gasteiger partial charge in [0.15, 0.2) is 5.78 Å². The monoisotopic (exact) mass is 151 g/mol. The van der Waals surface area contributed by atoms with E-state index in [0.717, 1.165) is 0 Å². The first-order chi connectivity index (χ1) is 5.22. The second-order valence-corrected chi connectivity index (χ2v) is 2.75. The van der Waals surface area contributed by atoms with Gasteiger partial charge in [0.05, 0.1) is 6.54 Å². The van der Waals surface area contributed by atoms with E-state index in [1.165, 1.54) is 5.56 Å². The highest BCUT2D eigenvalue weighted by Gasteiger charge is 1.98. The molecule has 60 valence electrons. The van der Waals surface area contributed by atoms with E-state index in [2.05, 4.69) is 0 Å². The van der Waals surface area contributed by atoms with Crippen molar-refractivity contribution in [2.24, 2.45) is 0 Å². The second kappa shape index (κ2) is 3.37. The Morgan fingerprint density at radius 3 is 2.82 bits per heavy atom. The zero-order valence-electron chi connectivity index (χ0n) is 7.00. The largest absolute Gasteiger partial charge is 0.347 e. The fourth-order valence-electron chi connectivity index (χ4n) is 0.975. The van der Waals surface area contributed by atoms with Crippen LogP contribution >= 0.6 is 0 Å². The van der Waals surface area contributed by atoms with Crippen molar-refractivity contribution < 1.29 is 4.79 Å². The Balaban J connectivity index is 2.57. The first-order valence-corrected chi connectivity index (χ1v) is 3.86. The van der Waals surface area contributed by atoms with Crippen LogP contribution in [0.3, 0.4) is 0 Å². The average Bonchev–Trinajstić information content (AvgIpc) is 2.35. The van der Waals surface area contributed by atoms with E-state index in [4.69, 9.17) is 0 Å². The number of ketones is 1. The Bertz CT molecular complexity index is 250. The highest BCUT2D eigenvalue weighted by Crippen LogP contribution is 1.99. The van der Waals surface area contributed by atoms with Crippen LogP contribution in [0.25, 0.3) is 0 Å². The summed E-state index contributed by atoms with van der Waals surface area (Å²) in [6, 6.07) is 2.00. The van der Waals surface area contributed by atoms with Crippen molar-refractivity contribution >= 4 is 5.78 Å². The summed E-state index contributed by atoms with van der Waals surface area (Å²) < 4.78 is 1.92. The lowest BCUT2D eigenvalue weighted by atomic mass is 10.3. The van der Waals surface area contributed by atoms with Crippen LogP contribution < -0.4 is 0 Å². The molecule has 2 nitrogen and oxygen atoms in total. The molecule has 1 heterocycles. The highest BCUT2D eigenvalue weighted by atomic mass is 16.1. The molecule has 0 amide bonds. The van der Waals surface area contributed by atoms with Crippen LogP contribution in [-0.4, -0.2) is 10.4 Å². The summed E-state index contributed by atoms with van der Waals surface area (Å²) in [5.41, 5.74) is 1.20. The van der Waals surface area contributed by atoms with Gasteiger partial charge in [0.2, 0.25) is 0 Å². The quantitative estimate of drug-likeness (QED) is 0.645. The molecule has 0 saturated carbocycles. The molecular formula is C9H13NO. The van der Waals surface area contributed by atoms with Gasteiger partial charge in [0, 0.05) is 18.8 Å². The number of aryl methyl sites for hydroxylation is 1. The van der Waals surface area contributed by atoms with Gasteiger partial charge in [-0.1, -0.05) is 6.92 Å². The van der Waals surface area contributed by atoms with Gasteiger partial charge in [-0.25, -0.2) is 0 Å². The molecule has 0 aromatic carbocycles. The summed E-state index contributed by atoms with van der Waals surface area (Å²) in [5.74, 6) is 0.278. The lowest BCUT2D eigenvalue weighted by Crippen LogP contribution is -2.06. The van der Waals surface area contributed by atoms with E-state index in [-0.39, 0.29) is 5.78 Å². The van der Waals surface area contributed by atoms with Gasteiger partial charge in [0.25, 0.3) is 0 Å². The summed E-state index contributed by atoms with van der Waals surface area (Å²) in [7, 11) is 0. The van der Waals surface area contributed by atoms with E-state index in [9.17, 15) is 4.79 Å². The van der Waals surface area contributed by atoms with Gasteiger partial charge in [-0.2, -0.15) is 0 Å². The number of hydrogen-bond donors (Lipinski definition) is 0. The van der Waals surface area contributed by atoms with Crippen LogP contribution in [-0.2, 0) is 11.3 Å². The molecule has 0 aliphatic carbocycles. The Morgan fingerprint density at radius 2 is 2.36 bits per heavy atom. The van der Waals surface area contributed by atoms with E-state index < -0.39 is 0 Å². The van der Waals surface area contributed by atoms with E-state index in [1.54, 1.807) is 0 Å². The zero-order chi connectivity index (χ0) is 8.27. The highest BCUT2D eigenvalue weighted by molar-refractivity contribution is 5.77. The number of carbonyl (C=O) groups excluding carboxylic acids is 1. The molecule has 11 heavy (non-hydrogen) atoms. The van der Waals surface area contributed by atoms with E-state index in [0.29, 0.717) is 13.0 Å². The number of nitrogens with zero attached hydrogens (tertiary/aromatic N) is 1. The van der Waals surface area contributed by atoms with Gasteiger partial charge in [-0.3, -0.25) is 4.79 Å². The lowest BCUT2D eigenvalue weighted by Gasteiger charge is -1.97. The van der Waals surface area contributed by atoms with Crippen molar-refractivity contribution in [1.29, 1.82) is 0 Å². The maximum Gasteiger partial charge on any atom is 0.152 e. The predicted molar refractivity (Wildman–Crippen MR) is 44.5 cm³/mol. The Morgan fingerprint density at radius 1 is 1.64 bits per heavy atom. The third-order valence-electron chi connectivity index (χ3n) is 1.65. The molecule has 1 aromatic heterocycles. The van der Waals surface area contributed by atoms with Crippen molar-refractivity contribution in [2.45, 2.75) is 26.8 Å². The molecule has 0 unspecified atom stereocenters. The molecule has 2 heteroatoms. The summed E-state index contributed by atoms with van der Waals surface area (Å²) in [5, 5.41) is 0. The molecule has 0 bridgehead atoms. The van der Waals surface area contributed by atoms with Crippen molar-refractivity contribution in [3.63, 3.8) is 0 Å². The molecule has 1 rings (SSSR count). The minimum Gasteiger partial charge on any atom is -0.347 e. The number of Topliss-reactive ketones (excluding diaryl/α,β-unsaturated/α-hetero) is 1. The van der Waals surface area contributed by atoms with Crippen LogP contribution in [0.4, 0.5) is 0 Å². The Hall–Kier alpha value is -1.05. The predicted octanol–water partition coefficient (Wildman–Crippen LogP) is 1.78. The first-order valence-electron chi connectivity index (χ1n) is 3.86. The van der Waals surface area contributed by atoms with Gasteiger partial charge in [0.1, 0.15) is 0 Å². The van der Waals surface area contributed by atoms with Crippen LogP contribution in [0.5, 0.6) is 0 Å². The summed E-state index contributed by atoms with van der Waals surface area (Å²) >= 11 is 0. The van der Waals surface area contributed by atoms with Crippen molar-refractivity contribution in [1.82, 2.24) is 4.57 Å². The molecule has 0 aliphatic rings. The van der Waals surface area contributed by atoms with Crippen molar-refractivity contribution in [3.8, 4) is 0 Å². The van der Waals surface area contributed by atoms with Gasteiger partial charge in [-0.15, -0.1) is 0 Å². The lowest BCUT2D eigenvalue weighted by molar-refractivity contribution is -0.119. The molecule has 0 saturated heterocycles. The average molecular weight is 151 g/mol. The molecule has 0 spiro atoms. The molecular weight excluding hydrogens is 138 g/mol. The fraction of sp³-hybridized carbons (Fsp3) is 0.444. The smallest absolute Gasteiger partial charge is 0.152 e. The molecule has 1 aromatic rings. The van der Waals surface area contributed by atoms with Crippen LogP contribution in [0.2, 0.25) is 0 Å². The van der Waals surface area contributed by atoms with Crippen LogP contribution in [0.1, 0.15) is 18.9 Å². The minimum absolute atomic E-state index is 0.278. The van der Waals surface area contributed by atoms with E-state index >= 15 is 0 Å². The van der Waals surface area contributed by atoms with E-state index in [1.807, 2.05) is 36.9 Å². The zero-order valence-corrected chi connectivity index (χ0v) is 7.00. The number of carbonyl (C=O) groups is 1. The number of hydrogen-bond acceptors (Lipinski definition) is 1. The van der Waals surface area contributed by atoms with Crippen LogP contribution in [0, 0.1) is 6.92 Å². The second-order valence-electron chi connectivity index (χ2n) is 2.75. The fourth-order valence-corrected chi connectivity index (χ4v) is 0.975. The Kier molecular flexibility index (Phi) is 2.47. The summed E-state index contributed by atoms with van der Waals surface area (Å²) in [6.07, 6.45) is 4.54. The van der Waals surface area contributed by atoms with Crippen molar-refractivity contribution in [3.05, 3.63) is 24.0 Å². The Labute approximate surface area is 66.8 Å². The molecule has 0 fully saturated rings. The molecule has 0 atom stereocenters. The number of aromatic nitrogens is 1. The third-order valence-corrected chi connectivity index (χ3v) is 1.65. The maximum atomic E-state index is 11.0. The standard InChI is InChI=1S/C9H13NO/c1-3-9(11)7-10-5-4-8(2)6-10/h4-6H,3,7H2,1-2H3. The number of rotatable bonds is 3. The van der Waals surface area contributed by atoms with Crippen molar-refractivity contribution in [2.75, 3.05) is 0 Å². The minimum atomic E-state index is 0.278. The normalized spacial score (nSPS) is 10.0. The third kappa shape index (κ3) is 2.22. The summed E-state index contributed by atoms with van der Waals surface area (Å²) in [4.78, 5) is 11.0.